The normalized spacial score (nSPS) is 11.4. The Labute approximate surface area is 103 Å². The van der Waals surface area contributed by atoms with E-state index in [0.29, 0.717) is 18.8 Å². The van der Waals surface area contributed by atoms with Crippen LogP contribution in [0.1, 0.15) is 18.9 Å². The Bertz CT molecular complexity index is 446. The van der Waals surface area contributed by atoms with Crippen LogP contribution in [0.25, 0.3) is 0 Å². The first-order valence-electron chi connectivity index (χ1n) is 5.59. The molecular weight excluding hydrogens is 238 g/mol. The maximum Gasteiger partial charge on any atom is 0.299 e. The van der Waals surface area contributed by atoms with E-state index in [-0.39, 0.29) is 0 Å². The van der Waals surface area contributed by atoms with Crippen LogP contribution in [0.2, 0.25) is 0 Å². The maximum absolute atomic E-state index is 11.7. The lowest BCUT2D eigenvalue weighted by Crippen LogP contribution is -2.31. The van der Waals surface area contributed by atoms with Gasteiger partial charge < -0.3 is 5.32 Å². The average molecular weight is 257 g/mol. The first-order chi connectivity index (χ1) is 8.09. The van der Waals surface area contributed by atoms with Crippen molar-refractivity contribution >= 4 is 15.9 Å². The molecule has 3 N–H and O–H groups in total. The Kier molecular flexibility index (Phi) is 5.40. The van der Waals surface area contributed by atoms with Crippen LogP contribution in [0.15, 0.2) is 24.3 Å². The SMILES string of the molecule is CCCNS(=O)(=O)Nc1ccccc1CNC. The highest BCUT2D eigenvalue weighted by Crippen LogP contribution is 2.15. The molecule has 0 atom stereocenters. The third kappa shape index (κ3) is 4.72. The molecule has 0 unspecified atom stereocenters. The Hall–Kier alpha value is -1.11. The molecule has 0 saturated carbocycles. The lowest BCUT2D eigenvalue weighted by Gasteiger charge is -2.12. The number of para-hydroxylation sites is 1. The molecule has 0 saturated heterocycles. The fourth-order valence-corrected chi connectivity index (χ4v) is 2.42. The summed E-state index contributed by atoms with van der Waals surface area (Å²) in [5.41, 5.74) is 1.52. The molecular formula is C11H19N3O2S. The molecule has 0 radical (unpaired) electrons. The molecule has 0 amide bonds. The van der Waals surface area contributed by atoms with Gasteiger partial charge in [0.25, 0.3) is 10.2 Å². The van der Waals surface area contributed by atoms with Gasteiger partial charge in [-0.15, -0.1) is 0 Å². The Morgan fingerprint density at radius 3 is 2.59 bits per heavy atom. The molecule has 6 heteroatoms. The molecule has 1 aromatic rings. The lowest BCUT2D eigenvalue weighted by molar-refractivity contribution is 0.586. The number of nitrogens with one attached hydrogen (secondary N) is 3. The van der Waals surface area contributed by atoms with Gasteiger partial charge in [-0.05, 0) is 25.1 Å². The molecule has 96 valence electrons. The van der Waals surface area contributed by atoms with Gasteiger partial charge in [0.1, 0.15) is 0 Å². The molecule has 0 bridgehead atoms. The van der Waals surface area contributed by atoms with Crippen LogP contribution >= 0.6 is 0 Å². The number of anilines is 1. The van der Waals surface area contributed by atoms with Gasteiger partial charge in [0.2, 0.25) is 0 Å². The van der Waals surface area contributed by atoms with Crippen molar-refractivity contribution in [2.75, 3.05) is 18.3 Å². The van der Waals surface area contributed by atoms with Gasteiger partial charge in [-0.2, -0.15) is 13.1 Å². The lowest BCUT2D eigenvalue weighted by atomic mass is 10.2. The zero-order valence-corrected chi connectivity index (χ0v) is 11.0. The quantitative estimate of drug-likeness (QED) is 0.684. The summed E-state index contributed by atoms with van der Waals surface area (Å²) in [5, 5.41) is 3.00. The van der Waals surface area contributed by atoms with Gasteiger partial charge in [-0.1, -0.05) is 25.1 Å². The Morgan fingerprint density at radius 2 is 1.94 bits per heavy atom. The molecule has 1 rings (SSSR count). The van der Waals surface area contributed by atoms with Gasteiger partial charge in [-0.25, -0.2) is 0 Å². The third-order valence-electron chi connectivity index (χ3n) is 2.17. The minimum atomic E-state index is -3.47. The van der Waals surface area contributed by atoms with Crippen molar-refractivity contribution in [3.05, 3.63) is 29.8 Å². The standard InChI is InChI=1S/C11H19N3O2S/c1-3-8-13-17(15,16)14-11-7-5-4-6-10(11)9-12-2/h4-7,12-14H,3,8-9H2,1-2H3. The molecule has 0 aromatic heterocycles. The molecule has 0 spiro atoms. The first-order valence-corrected chi connectivity index (χ1v) is 7.07. The molecule has 17 heavy (non-hydrogen) atoms. The van der Waals surface area contributed by atoms with E-state index in [4.69, 9.17) is 0 Å². The van der Waals surface area contributed by atoms with E-state index in [2.05, 4.69) is 14.8 Å². The van der Waals surface area contributed by atoms with Crippen molar-refractivity contribution < 1.29 is 8.42 Å². The van der Waals surface area contributed by atoms with Crippen LogP contribution in [-0.4, -0.2) is 22.0 Å². The summed E-state index contributed by atoms with van der Waals surface area (Å²) in [4.78, 5) is 0. The first kappa shape index (κ1) is 14.0. The number of rotatable bonds is 7. The van der Waals surface area contributed by atoms with Crippen molar-refractivity contribution in [2.45, 2.75) is 19.9 Å². The van der Waals surface area contributed by atoms with Crippen molar-refractivity contribution in [3.8, 4) is 0 Å². The zero-order chi connectivity index (χ0) is 12.7. The van der Waals surface area contributed by atoms with Crippen molar-refractivity contribution in [3.63, 3.8) is 0 Å². The summed E-state index contributed by atoms with van der Waals surface area (Å²) in [6.07, 6.45) is 0.763. The minimum absolute atomic E-state index is 0.434. The highest BCUT2D eigenvalue weighted by Gasteiger charge is 2.10. The van der Waals surface area contributed by atoms with Crippen LogP contribution in [0.3, 0.4) is 0 Å². The molecule has 0 aliphatic heterocycles. The number of hydrogen-bond acceptors (Lipinski definition) is 3. The topological polar surface area (TPSA) is 70.2 Å². The minimum Gasteiger partial charge on any atom is -0.316 e. The second kappa shape index (κ2) is 6.58. The van der Waals surface area contributed by atoms with E-state index in [0.717, 1.165) is 12.0 Å². The smallest absolute Gasteiger partial charge is 0.299 e. The summed E-state index contributed by atoms with van der Waals surface area (Å²) in [7, 11) is -1.65. The molecule has 0 heterocycles. The predicted molar refractivity (Wildman–Crippen MR) is 70.0 cm³/mol. The summed E-state index contributed by atoms with van der Waals surface area (Å²) in [6, 6.07) is 7.31. The van der Waals surface area contributed by atoms with Crippen LogP contribution < -0.4 is 14.8 Å². The van der Waals surface area contributed by atoms with E-state index in [1.807, 2.05) is 26.1 Å². The monoisotopic (exact) mass is 257 g/mol. The molecule has 5 nitrogen and oxygen atoms in total. The molecule has 0 fully saturated rings. The van der Waals surface area contributed by atoms with Gasteiger partial charge in [0.05, 0.1) is 5.69 Å². The van der Waals surface area contributed by atoms with Gasteiger partial charge >= 0.3 is 0 Å². The van der Waals surface area contributed by atoms with Crippen LogP contribution in [0.4, 0.5) is 5.69 Å². The van der Waals surface area contributed by atoms with E-state index in [1.54, 1.807) is 12.1 Å². The van der Waals surface area contributed by atoms with Crippen molar-refractivity contribution in [1.82, 2.24) is 10.0 Å². The fraction of sp³-hybridized carbons (Fsp3) is 0.455. The summed E-state index contributed by atoms with van der Waals surface area (Å²) < 4.78 is 28.3. The molecule has 0 aliphatic rings. The Morgan fingerprint density at radius 1 is 1.24 bits per heavy atom. The Balaban J connectivity index is 2.80. The highest BCUT2D eigenvalue weighted by atomic mass is 32.2. The van der Waals surface area contributed by atoms with E-state index >= 15 is 0 Å². The fourth-order valence-electron chi connectivity index (χ4n) is 1.38. The second-order valence-corrected chi connectivity index (χ2v) is 5.19. The summed E-state index contributed by atoms with van der Waals surface area (Å²) in [6.45, 7) is 2.97. The van der Waals surface area contributed by atoms with Crippen LogP contribution in [0, 0.1) is 0 Å². The van der Waals surface area contributed by atoms with Crippen LogP contribution in [0.5, 0.6) is 0 Å². The van der Waals surface area contributed by atoms with Crippen molar-refractivity contribution in [1.29, 1.82) is 0 Å². The number of hydrogen-bond donors (Lipinski definition) is 3. The van der Waals surface area contributed by atoms with Gasteiger partial charge in [0.15, 0.2) is 0 Å². The average Bonchev–Trinajstić information content (AvgIpc) is 2.29. The van der Waals surface area contributed by atoms with E-state index in [9.17, 15) is 8.42 Å². The maximum atomic E-state index is 11.7. The highest BCUT2D eigenvalue weighted by molar-refractivity contribution is 7.90. The largest absolute Gasteiger partial charge is 0.316 e. The summed E-state index contributed by atoms with van der Waals surface area (Å²) >= 11 is 0. The van der Waals surface area contributed by atoms with E-state index in [1.165, 1.54) is 0 Å². The van der Waals surface area contributed by atoms with Gasteiger partial charge in [-0.3, -0.25) is 4.72 Å². The van der Waals surface area contributed by atoms with Gasteiger partial charge in [0, 0.05) is 13.1 Å². The zero-order valence-electron chi connectivity index (χ0n) is 10.2. The third-order valence-corrected chi connectivity index (χ3v) is 3.24. The summed E-state index contributed by atoms with van der Waals surface area (Å²) in [5.74, 6) is 0. The second-order valence-electron chi connectivity index (χ2n) is 3.69. The molecule has 0 aliphatic carbocycles. The number of benzene rings is 1. The predicted octanol–water partition coefficient (Wildman–Crippen LogP) is 1.06. The van der Waals surface area contributed by atoms with Crippen LogP contribution in [-0.2, 0) is 16.8 Å². The molecule has 1 aromatic carbocycles. The van der Waals surface area contributed by atoms with Crippen molar-refractivity contribution in [2.24, 2.45) is 0 Å². The van der Waals surface area contributed by atoms with E-state index < -0.39 is 10.2 Å².